The molecule has 0 bridgehead atoms. The second-order valence-corrected chi connectivity index (χ2v) is 6.44. The van der Waals surface area contributed by atoms with Gasteiger partial charge in [0.2, 0.25) is 11.7 Å². The summed E-state index contributed by atoms with van der Waals surface area (Å²) in [6.45, 7) is 1.05. The van der Waals surface area contributed by atoms with Gasteiger partial charge in [-0.1, -0.05) is 24.3 Å². The first-order chi connectivity index (χ1) is 13.6. The van der Waals surface area contributed by atoms with Crippen LogP contribution in [0.2, 0.25) is 0 Å². The van der Waals surface area contributed by atoms with E-state index >= 15 is 0 Å². The van der Waals surface area contributed by atoms with Crippen molar-refractivity contribution in [3.05, 3.63) is 59.2 Å². The highest BCUT2D eigenvalue weighted by Crippen LogP contribution is 2.38. The topological polar surface area (TPSA) is 66.0 Å². The van der Waals surface area contributed by atoms with E-state index in [1.54, 1.807) is 39.5 Å². The van der Waals surface area contributed by atoms with Gasteiger partial charge in [0.15, 0.2) is 11.5 Å². The Bertz CT molecular complexity index is 837. The molecule has 0 saturated carbocycles. The monoisotopic (exact) mass is 383 g/mol. The molecule has 28 heavy (non-hydrogen) atoms. The summed E-state index contributed by atoms with van der Waals surface area (Å²) in [7, 11) is 4.66. The number of hydrogen-bond acceptors (Lipinski definition) is 5. The van der Waals surface area contributed by atoms with Crippen LogP contribution >= 0.6 is 0 Å². The minimum absolute atomic E-state index is 0.0200. The van der Waals surface area contributed by atoms with E-state index in [4.69, 9.17) is 18.9 Å². The highest BCUT2D eigenvalue weighted by Gasteiger charge is 2.19. The summed E-state index contributed by atoms with van der Waals surface area (Å²) in [6.07, 6.45) is 3.97. The number of amides is 1. The van der Waals surface area contributed by atoms with Gasteiger partial charge < -0.3 is 24.3 Å². The van der Waals surface area contributed by atoms with Gasteiger partial charge >= 0.3 is 0 Å². The summed E-state index contributed by atoms with van der Waals surface area (Å²) in [5.74, 6) is 1.41. The van der Waals surface area contributed by atoms with Crippen molar-refractivity contribution in [1.29, 1.82) is 0 Å². The molecular weight excluding hydrogens is 358 g/mol. The third-order valence-corrected chi connectivity index (χ3v) is 4.66. The zero-order chi connectivity index (χ0) is 19.9. The molecule has 2 aromatic rings. The molecule has 0 aromatic heterocycles. The van der Waals surface area contributed by atoms with Crippen molar-refractivity contribution in [3.8, 4) is 17.2 Å². The predicted octanol–water partition coefficient (Wildman–Crippen LogP) is 2.98. The first-order valence-electron chi connectivity index (χ1n) is 9.09. The number of fused-ring (bicyclic) bond motifs is 1. The van der Waals surface area contributed by atoms with Gasteiger partial charge in [0.25, 0.3) is 0 Å². The lowest BCUT2D eigenvalue weighted by Gasteiger charge is -2.25. The van der Waals surface area contributed by atoms with E-state index < -0.39 is 0 Å². The number of rotatable bonds is 7. The van der Waals surface area contributed by atoms with E-state index in [9.17, 15) is 4.79 Å². The second-order valence-electron chi connectivity index (χ2n) is 6.44. The Morgan fingerprint density at radius 2 is 1.79 bits per heavy atom. The van der Waals surface area contributed by atoms with Gasteiger partial charge in [0.05, 0.1) is 34.0 Å². The molecule has 1 amide bonds. The summed E-state index contributed by atoms with van der Waals surface area (Å²) in [5.41, 5.74) is 3.26. The maximum atomic E-state index is 12.2. The molecule has 3 rings (SSSR count). The minimum Gasteiger partial charge on any atom is -0.493 e. The van der Waals surface area contributed by atoms with Gasteiger partial charge in [-0.05, 0) is 34.9 Å². The highest BCUT2D eigenvalue weighted by atomic mass is 16.5. The number of nitrogens with one attached hydrogen (secondary N) is 1. The lowest BCUT2D eigenvalue weighted by Crippen LogP contribution is -2.36. The number of carbonyl (C=O) groups excluding carboxylic acids is 1. The number of ether oxygens (including phenoxy) is 4. The van der Waals surface area contributed by atoms with Crippen molar-refractivity contribution in [3.63, 3.8) is 0 Å². The predicted molar refractivity (Wildman–Crippen MR) is 107 cm³/mol. The molecular formula is C22H25NO5. The summed E-state index contributed by atoms with van der Waals surface area (Å²) in [6, 6.07) is 11.8. The summed E-state index contributed by atoms with van der Waals surface area (Å²) < 4.78 is 21.8. The number of carbonyl (C=O) groups is 1. The molecule has 1 N–H and O–H groups in total. The molecule has 148 valence electrons. The van der Waals surface area contributed by atoms with E-state index in [1.807, 2.05) is 12.1 Å². The number of hydrogen-bond donors (Lipinski definition) is 1. The van der Waals surface area contributed by atoms with Crippen molar-refractivity contribution in [1.82, 2.24) is 5.32 Å². The van der Waals surface area contributed by atoms with E-state index in [1.165, 1.54) is 17.2 Å². The van der Waals surface area contributed by atoms with Crippen molar-refractivity contribution < 1.29 is 23.7 Å². The SMILES string of the molecule is COc1cc(/C=C/C(=O)NCC2Cc3ccccc3CO2)cc(OC)c1OC. The lowest BCUT2D eigenvalue weighted by molar-refractivity contribution is -0.117. The van der Waals surface area contributed by atoms with Crippen LogP contribution in [-0.4, -0.2) is 39.9 Å². The highest BCUT2D eigenvalue weighted by molar-refractivity contribution is 5.91. The molecule has 1 heterocycles. The van der Waals surface area contributed by atoms with E-state index in [2.05, 4.69) is 17.4 Å². The Labute approximate surface area is 165 Å². The van der Waals surface area contributed by atoms with Crippen LogP contribution in [0.1, 0.15) is 16.7 Å². The van der Waals surface area contributed by atoms with Crippen LogP contribution in [0.3, 0.4) is 0 Å². The van der Waals surface area contributed by atoms with Gasteiger partial charge in [-0.3, -0.25) is 4.79 Å². The van der Waals surface area contributed by atoms with Crippen LogP contribution in [0.15, 0.2) is 42.5 Å². The van der Waals surface area contributed by atoms with Crippen molar-refractivity contribution >= 4 is 12.0 Å². The smallest absolute Gasteiger partial charge is 0.244 e. The summed E-state index contributed by atoms with van der Waals surface area (Å²) in [4.78, 5) is 12.2. The van der Waals surface area contributed by atoms with Crippen molar-refractivity contribution in [2.75, 3.05) is 27.9 Å². The zero-order valence-corrected chi connectivity index (χ0v) is 16.4. The normalized spacial score (nSPS) is 15.8. The standard InChI is InChI=1S/C22H25NO5/c1-25-19-10-15(11-20(26-2)22(19)27-3)8-9-21(24)23-13-18-12-16-6-4-5-7-17(16)14-28-18/h4-11,18H,12-14H2,1-3H3,(H,23,24)/b9-8+. The fraction of sp³-hybridized carbons (Fsp3) is 0.318. The first kappa shape index (κ1) is 19.8. The lowest BCUT2D eigenvalue weighted by atomic mass is 9.99. The molecule has 0 aliphatic carbocycles. The van der Waals surface area contributed by atoms with E-state index in [0.29, 0.717) is 30.4 Å². The molecule has 1 aliphatic heterocycles. The van der Waals surface area contributed by atoms with Crippen LogP contribution < -0.4 is 19.5 Å². The van der Waals surface area contributed by atoms with Crippen LogP contribution in [0, 0.1) is 0 Å². The molecule has 1 aliphatic rings. The van der Waals surface area contributed by atoms with Crippen LogP contribution in [0.4, 0.5) is 0 Å². The Morgan fingerprint density at radius 1 is 1.11 bits per heavy atom. The molecule has 0 saturated heterocycles. The van der Waals surface area contributed by atoms with Crippen molar-refractivity contribution in [2.24, 2.45) is 0 Å². The summed E-state index contributed by atoms with van der Waals surface area (Å²) in [5, 5.41) is 2.90. The van der Waals surface area contributed by atoms with Gasteiger partial charge in [-0.25, -0.2) is 0 Å². The number of methoxy groups -OCH3 is 3. The fourth-order valence-electron chi connectivity index (χ4n) is 3.18. The molecule has 1 atom stereocenters. The summed E-state index contributed by atoms with van der Waals surface area (Å²) >= 11 is 0. The van der Waals surface area contributed by atoms with Crippen LogP contribution in [0.25, 0.3) is 6.08 Å². The second kappa shape index (κ2) is 9.28. The average molecular weight is 383 g/mol. The van der Waals surface area contributed by atoms with Crippen LogP contribution in [0.5, 0.6) is 17.2 Å². The Kier molecular flexibility index (Phi) is 6.55. The Morgan fingerprint density at radius 3 is 2.43 bits per heavy atom. The molecule has 0 spiro atoms. The molecule has 6 heteroatoms. The first-order valence-corrected chi connectivity index (χ1v) is 9.09. The molecule has 1 unspecified atom stereocenters. The third-order valence-electron chi connectivity index (χ3n) is 4.66. The van der Waals surface area contributed by atoms with Crippen molar-refractivity contribution in [2.45, 2.75) is 19.1 Å². The van der Waals surface area contributed by atoms with Gasteiger partial charge in [-0.2, -0.15) is 0 Å². The zero-order valence-electron chi connectivity index (χ0n) is 16.4. The van der Waals surface area contributed by atoms with E-state index in [0.717, 1.165) is 12.0 Å². The van der Waals surface area contributed by atoms with Gasteiger partial charge in [0, 0.05) is 19.0 Å². The van der Waals surface area contributed by atoms with Gasteiger partial charge in [0.1, 0.15) is 0 Å². The Balaban J connectivity index is 1.58. The third kappa shape index (κ3) is 4.64. The molecule has 6 nitrogen and oxygen atoms in total. The quantitative estimate of drug-likeness (QED) is 0.745. The van der Waals surface area contributed by atoms with E-state index in [-0.39, 0.29) is 12.0 Å². The maximum Gasteiger partial charge on any atom is 0.244 e. The average Bonchev–Trinajstić information content (AvgIpc) is 2.75. The minimum atomic E-state index is -0.184. The fourth-order valence-corrected chi connectivity index (χ4v) is 3.18. The maximum absolute atomic E-state index is 12.2. The van der Waals surface area contributed by atoms with Gasteiger partial charge in [-0.15, -0.1) is 0 Å². The molecule has 0 fully saturated rings. The Hall–Kier alpha value is -2.99. The largest absolute Gasteiger partial charge is 0.493 e. The number of benzene rings is 2. The molecule has 0 radical (unpaired) electrons. The molecule has 2 aromatic carbocycles. The van der Waals surface area contributed by atoms with Crippen LogP contribution in [-0.2, 0) is 22.6 Å².